The summed E-state index contributed by atoms with van der Waals surface area (Å²) in [6.45, 7) is 3.40. The maximum absolute atomic E-state index is 3.82. The molecule has 1 heterocycles. The molecule has 0 saturated carbocycles. The summed E-state index contributed by atoms with van der Waals surface area (Å²) in [5.41, 5.74) is 1.16. The Morgan fingerprint density at radius 3 is 3.27 bits per heavy atom. The van der Waals surface area contributed by atoms with E-state index in [0.29, 0.717) is 0 Å². The predicted molar refractivity (Wildman–Crippen MR) is 43.7 cm³/mol. The van der Waals surface area contributed by atoms with Gasteiger partial charge in [0.15, 0.2) is 0 Å². The van der Waals surface area contributed by atoms with Crippen molar-refractivity contribution >= 4 is 0 Å². The van der Waals surface area contributed by atoms with Crippen LogP contribution in [0.5, 0.6) is 0 Å². The van der Waals surface area contributed by atoms with Crippen LogP contribution in [0.3, 0.4) is 0 Å². The number of nitrogens with zero attached hydrogens (tertiary/aromatic N) is 1. The lowest BCUT2D eigenvalue weighted by Gasteiger charge is -1.94. The van der Waals surface area contributed by atoms with Gasteiger partial charge in [0.2, 0.25) is 0 Å². The minimum Gasteiger partial charge on any atom is -0.302 e. The van der Waals surface area contributed by atoms with Crippen molar-refractivity contribution in [3.05, 3.63) is 18.0 Å². The highest BCUT2D eigenvalue weighted by Gasteiger charge is 1.89. The van der Waals surface area contributed by atoms with Gasteiger partial charge in [-0.2, -0.15) is 5.10 Å². The van der Waals surface area contributed by atoms with Gasteiger partial charge in [-0.05, 0) is 6.92 Å². The van der Waals surface area contributed by atoms with E-state index in [0.717, 1.165) is 18.7 Å². The first-order valence-corrected chi connectivity index (χ1v) is 3.51. The highest BCUT2D eigenvalue weighted by Crippen LogP contribution is 1.90. The first-order chi connectivity index (χ1) is 5.43. The van der Waals surface area contributed by atoms with Gasteiger partial charge in [0.1, 0.15) is 0 Å². The molecular formula is C8H11N3. The highest BCUT2D eigenvalue weighted by molar-refractivity contribution is 5.03. The molecule has 58 valence electrons. The van der Waals surface area contributed by atoms with E-state index in [9.17, 15) is 0 Å². The van der Waals surface area contributed by atoms with Crippen LogP contribution in [0.25, 0.3) is 0 Å². The van der Waals surface area contributed by atoms with Crippen molar-refractivity contribution in [2.45, 2.75) is 13.5 Å². The van der Waals surface area contributed by atoms with Crippen LogP contribution in [0.1, 0.15) is 12.5 Å². The number of rotatable bonds is 3. The molecule has 0 radical (unpaired) electrons. The molecule has 1 rings (SSSR count). The number of hydrogen-bond donors (Lipinski definition) is 2. The summed E-state index contributed by atoms with van der Waals surface area (Å²) in [5.74, 6) is 5.73. The second-order valence-corrected chi connectivity index (χ2v) is 2.14. The van der Waals surface area contributed by atoms with Gasteiger partial charge in [-0.15, -0.1) is 5.92 Å². The van der Waals surface area contributed by atoms with Crippen LogP contribution in [0.2, 0.25) is 0 Å². The standard InChI is InChI=1S/C8H11N3/c1-2-3-4-9-5-8-6-10-11-7-8/h6-7,9H,4-5H2,1H3,(H,10,11). The number of nitrogens with one attached hydrogen (secondary N) is 2. The highest BCUT2D eigenvalue weighted by atomic mass is 15.1. The van der Waals surface area contributed by atoms with Crippen molar-refractivity contribution in [3.8, 4) is 11.8 Å². The van der Waals surface area contributed by atoms with E-state index in [-0.39, 0.29) is 0 Å². The van der Waals surface area contributed by atoms with Crippen LogP contribution in [0.15, 0.2) is 12.4 Å². The van der Waals surface area contributed by atoms with Crippen LogP contribution < -0.4 is 5.32 Å². The second kappa shape index (κ2) is 4.53. The fraction of sp³-hybridized carbons (Fsp3) is 0.375. The van der Waals surface area contributed by atoms with E-state index in [1.165, 1.54) is 0 Å². The Bertz CT molecular complexity index is 240. The van der Waals surface area contributed by atoms with Crippen molar-refractivity contribution in [1.82, 2.24) is 15.5 Å². The normalized spacial score (nSPS) is 8.82. The molecule has 0 aliphatic carbocycles. The molecule has 2 N–H and O–H groups in total. The van der Waals surface area contributed by atoms with Crippen LogP contribution in [-0.4, -0.2) is 16.7 Å². The Kier molecular flexibility index (Phi) is 3.23. The largest absolute Gasteiger partial charge is 0.302 e. The third kappa shape index (κ3) is 2.87. The Hall–Kier alpha value is -1.27. The number of aromatic amines is 1. The summed E-state index contributed by atoms with van der Waals surface area (Å²) < 4.78 is 0. The van der Waals surface area contributed by atoms with Crippen LogP contribution >= 0.6 is 0 Å². The van der Waals surface area contributed by atoms with Gasteiger partial charge in [0, 0.05) is 18.3 Å². The molecule has 0 spiro atoms. The molecule has 0 saturated heterocycles. The molecule has 3 heteroatoms. The zero-order chi connectivity index (χ0) is 7.94. The number of aromatic nitrogens is 2. The molecule has 0 unspecified atom stereocenters. The summed E-state index contributed by atoms with van der Waals surface area (Å²) in [6.07, 6.45) is 3.67. The van der Waals surface area contributed by atoms with Gasteiger partial charge >= 0.3 is 0 Å². The molecular weight excluding hydrogens is 138 g/mol. The molecule has 0 aliphatic heterocycles. The van der Waals surface area contributed by atoms with E-state index in [1.807, 2.05) is 13.1 Å². The summed E-state index contributed by atoms with van der Waals surface area (Å²) in [7, 11) is 0. The lowest BCUT2D eigenvalue weighted by atomic mass is 10.3. The zero-order valence-corrected chi connectivity index (χ0v) is 6.52. The number of hydrogen-bond acceptors (Lipinski definition) is 2. The second-order valence-electron chi connectivity index (χ2n) is 2.14. The maximum Gasteiger partial charge on any atom is 0.0579 e. The summed E-state index contributed by atoms with van der Waals surface area (Å²) in [4.78, 5) is 0. The average molecular weight is 149 g/mol. The van der Waals surface area contributed by atoms with Gasteiger partial charge in [-0.25, -0.2) is 0 Å². The Morgan fingerprint density at radius 1 is 1.73 bits per heavy atom. The van der Waals surface area contributed by atoms with Gasteiger partial charge in [0.05, 0.1) is 12.7 Å². The minimum absolute atomic E-state index is 0.738. The predicted octanol–water partition coefficient (Wildman–Crippen LogP) is 0.523. The molecule has 1 aromatic heterocycles. The first-order valence-electron chi connectivity index (χ1n) is 3.51. The van der Waals surface area contributed by atoms with E-state index >= 15 is 0 Å². The Morgan fingerprint density at radius 2 is 2.64 bits per heavy atom. The van der Waals surface area contributed by atoms with Gasteiger partial charge in [-0.3, -0.25) is 5.10 Å². The lowest BCUT2D eigenvalue weighted by molar-refractivity contribution is 0.770. The van der Waals surface area contributed by atoms with Gasteiger partial charge < -0.3 is 5.32 Å². The van der Waals surface area contributed by atoms with E-state index < -0.39 is 0 Å². The van der Waals surface area contributed by atoms with E-state index in [4.69, 9.17) is 0 Å². The van der Waals surface area contributed by atoms with Crippen molar-refractivity contribution in [2.24, 2.45) is 0 Å². The zero-order valence-electron chi connectivity index (χ0n) is 6.52. The monoisotopic (exact) mass is 149 g/mol. The van der Waals surface area contributed by atoms with Crippen molar-refractivity contribution in [1.29, 1.82) is 0 Å². The fourth-order valence-corrected chi connectivity index (χ4v) is 0.732. The fourth-order valence-electron chi connectivity index (χ4n) is 0.732. The smallest absolute Gasteiger partial charge is 0.0579 e. The van der Waals surface area contributed by atoms with Crippen molar-refractivity contribution in [2.75, 3.05) is 6.54 Å². The SMILES string of the molecule is CC#CCNCc1cn[nH]c1. The van der Waals surface area contributed by atoms with E-state index in [2.05, 4.69) is 27.4 Å². The van der Waals surface area contributed by atoms with Crippen LogP contribution in [0, 0.1) is 11.8 Å². The topological polar surface area (TPSA) is 40.7 Å². The third-order valence-electron chi connectivity index (χ3n) is 1.27. The lowest BCUT2D eigenvalue weighted by Crippen LogP contribution is -2.12. The van der Waals surface area contributed by atoms with Crippen molar-refractivity contribution < 1.29 is 0 Å². The average Bonchev–Trinajstić information content (AvgIpc) is 2.50. The molecule has 0 atom stereocenters. The molecule has 11 heavy (non-hydrogen) atoms. The third-order valence-corrected chi connectivity index (χ3v) is 1.27. The van der Waals surface area contributed by atoms with Gasteiger partial charge in [-0.1, -0.05) is 5.92 Å². The maximum atomic E-state index is 3.82. The molecule has 3 nitrogen and oxygen atoms in total. The quantitative estimate of drug-likeness (QED) is 0.486. The summed E-state index contributed by atoms with van der Waals surface area (Å²) in [5, 5.41) is 9.72. The first kappa shape index (κ1) is 7.83. The molecule has 0 fully saturated rings. The summed E-state index contributed by atoms with van der Waals surface area (Å²) >= 11 is 0. The van der Waals surface area contributed by atoms with Crippen LogP contribution in [-0.2, 0) is 6.54 Å². The molecule has 0 aromatic carbocycles. The Balaban J connectivity index is 2.17. The Labute approximate surface area is 66.2 Å². The minimum atomic E-state index is 0.738. The van der Waals surface area contributed by atoms with Gasteiger partial charge in [0.25, 0.3) is 0 Å². The van der Waals surface area contributed by atoms with Crippen LogP contribution in [0.4, 0.5) is 0 Å². The summed E-state index contributed by atoms with van der Waals surface area (Å²) in [6, 6.07) is 0. The molecule has 0 bridgehead atoms. The van der Waals surface area contributed by atoms with E-state index in [1.54, 1.807) is 6.20 Å². The molecule has 1 aromatic rings. The molecule has 0 amide bonds. The van der Waals surface area contributed by atoms with Crippen molar-refractivity contribution in [3.63, 3.8) is 0 Å². The number of H-pyrrole nitrogens is 1. The molecule has 0 aliphatic rings.